The molecule has 61 heavy (non-hydrogen) atoms. The minimum atomic E-state index is 0.880. The third-order valence-electron chi connectivity index (χ3n) is 12.1. The van der Waals surface area contributed by atoms with Crippen LogP contribution in [0.2, 0.25) is 0 Å². The molecule has 0 saturated heterocycles. The van der Waals surface area contributed by atoms with Crippen molar-refractivity contribution in [1.29, 1.82) is 0 Å². The molecule has 0 spiro atoms. The van der Waals surface area contributed by atoms with Gasteiger partial charge in [0.15, 0.2) is 0 Å². The summed E-state index contributed by atoms with van der Waals surface area (Å²) in [6.45, 7) is 0. The maximum absolute atomic E-state index is 6.89. The second-order valence-electron chi connectivity index (χ2n) is 15.6. The van der Waals surface area contributed by atoms with Gasteiger partial charge in [0.05, 0.1) is 5.69 Å². The second-order valence-corrected chi connectivity index (χ2v) is 15.6. The Balaban J connectivity index is 1.01. The number of furan rings is 2. The van der Waals surface area contributed by atoms with E-state index >= 15 is 0 Å². The highest BCUT2D eigenvalue weighted by molar-refractivity contribution is 6.18. The van der Waals surface area contributed by atoms with Crippen molar-refractivity contribution in [2.24, 2.45) is 0 Å². The van der Waals surface area contributed by atoms with E-state index in [9.17, 15) is 0 Å². The van der Waals surface area contributed by atoms with E-state index in [-0.39, 0.29) is 0 Å². The number of fused-ring (bicyclic) bond motifs is 8. The van der Waals surface area contributed by atoms with Crippen LogP contribution in [0.4, 0.5) is 17.1 Å². The molecule has 10 aromatic carbocycles. The molecule has 0 unspecified atom stereocenters. The van der Waals surface area contributed by atoms with Gasteiger partial charge in [0.1, 0.15) is 22.3 Å². The molecule has 0 aliphatic rings. The zero-order valence-electron chi connectivity index (χ0n) is 33.1. The van der Waals surface area contributed by atoms with Gasteiger partial charge < -0.3 is 13.7 Å². The minimum Gasteiger partial charge on any atom is -0.455 e. The maximum Gasteiger partial charge on any atom is 0.143 e. The van der Waals surface area contributed by atoms with E-state index in [1.165, 1.54) is 11.1 Å². The number of hydrogen-bond acceptors (Lipinski definition) is 3. The van der Waals surface area contributed by atoms with Crippen molar-refractivity contribution in [1.82, 2.24) is 0 Å². The van der Waals surface area contributed by atoms with Gasteiger partial charge in [0, 0.05) is 60.6 Å². The average Bonchev–Trinajstić information content (AvgIpc) is 3.92. The highest BCUT2D eigenvalue weighted by atomic mass is 16.3. The Morgan fingerprint density at radius 1 is 0.246 bits per heavy atom. The van der Waals surface area contributed by atoms with Crippen molar-refractivity contribution in [2.45, 2.75) is 0 Å². The Kier molecular flexibility index (Phi) is 8.17. The Hall–Kier alpha value is -8.14. The maximum atomic E-state index is 6.89. The van der Waals surface area contributed by atoms with Crippen LogP contribution in [0.3, 0.4) is 0 Å². The fraction of sp³-hybridized carbons (Fsp3) is 0. The summed E-state index contributed by atoms with van der Waals surface area (Å²) in [4.78, 5) is 2.36. The van der Waals surface area contributed by atoms with Gasteiger partial charge in [-0.25, -0.2) is 0 Å². The van der Waals surface area contributed by atoms with Gasteiger partial charge in [-0.3, -0.25) is 0 Å². The fourth-order valence-corrected chi connectivity index (χ4v) is 9.18. The van der Waals surface area contributed by atoms with Gasteiger partial charge >= 0.3 is 0 Å². The van der Waals surface area contributed by atoms with Crippen molar-refractivity contribution < 1.29 is 8.83 Å². The molecule has 0 aliphatic heterocycles. The number of benzene rings is 10. The quantitative estimate of drug-likeness (QED) is 0.161. The van der Waals surface area contributed by atoms with Gasteiger partial charge in [-0.05, 0) is 64.0 Å². The summed E-state index contributed by atoms with van der Waals surface area (Å²) >= 11 is 0. The smallest absolute Gasteiger partial charge is 0.143 e. The molecular weight excluding hydrogens is 743 g/mol. The molecule has 3 heteroatoms. The normalized spacial score (nSPS) is 11.6. The summed E-state index contributed by atoms with van der Waals surface area (Å²) in [5.41, 5.74) is 15.6. The van der Waals surface area contributed by atoms with Crippen molar-refractivity contribution in [3.63, 3.8) is 0 Å². The van der Waals surface area contributed by atoms with Crippen LogP contribution in [-0.4, -0.2) is 0 Å². The molecule has 286 valence electrons. The average molecular weight is 780 g/mol. The number of hydrogen-bond donors (Lipinski definition) is 0. The Morgan fingerprint density at radius 2 is 0.672 bits per heavy atom. The summed E-state index contributed by atoms with van der Waals surface area (Å²) in [7, 11) is 0. The summed E-state index contributed by atoms with van der Waals surface area (Å²) in [6.07, 6.45) is 0. The van der Waals surface area contributed by atoms with E-state index in [0.717, 1.165) is 105 Å². The Bertz CT molecular complexity index is 3560. The predicted octanol–water partition coefficient (Wildman–Crippen LogP) is 16.8. The van der Waals surface area contributed by atoms with E-state index in [0.29, 0.717) is 0 Å². The molecule has 2 heterocycles. The van der Waals surface area contributed by atoms with Crippen LogP contribution in [0.1, 0.15) is 0 Å². The minimum absolute atomic E-state index is 0.880. The predicted molar refractivity (Wildman–Crippen MR) is 255 cm³/mol. The second kappa shape index (κ2) is 14.3. The lowest BCUT2D eigenvalue weighted by molar-refractivity contribution is 0.671. The molecule has 12 rings (SSSR count). The summed E-state index contributed by atoms with van der Waals surface area (Å²) in [5.74, 6) is 0. The molecule has 12 aromatic rings. The largest absolute Gasteiger partial charge is 0.455 e. The molecule has 2 aromatic heterocycles. The first-order valence-corrected chi connectivity index (χ1v) is 20.7. The zero-order valence-corrected chi connectivity index (χ0v) is 33.1. The number of nitrogens with zero attached hydrogens (tertiary/aromatic N) is 1. The number of para-hydroxylation sites is 4. The number of rotatable bonds is 7. The molecule has 0 amide bonds. The van der Waals surface area contributed by atoms with Crippen LogP contribution >= 0.6 is 0 Å². The zero-order chi connectivity index (χ0) is 40.3. The molecule has 0 N–H and O–H groups in total. The Morgan fingerprint density at radius 3 is 1.33 bits per heavy atom. The van der Waals surface area contributed by atoms with Gasteiger partial charge in [-0.2, -0.15) is 0 Å². The lowest BCUT2D eigenvalue weighted by Crippen LogP contribution is -2.11. The summed E-state index contributed by atoms with van der Waals surface area (Å²) < 4.78 is 13.7. The van der Waals surface area contributed by atoms with Crippen LogP contribution in [0.5, 0.6) is 0 Å². The highest BCUT2D eigenvalue weighted by Gasteiger charge is 2.22. The lowest BCUT2D eigenvalue weighted by atomic mass is 9.98. The van der Waals surface area contributed by atoms with E-state index in [1.807, 2.05) is 6.07 Å². The van der Waals surface area contributed by atoms with E-state index in [2.05, 4.69) is 223 Å². The molecule has 0 saturated carbocycles. The molecule has 0 aliphatic carbocycles. The molecule has 0 bridgehead atoms. The molecule has 0 radical (unpaired) electrons. The Labute approximate surface area is 353 Å². The third-order valence-corrected chi connectivity index (χ3v) is 12.1. The van der Waals surface area contributed by atoms with Crippen LogP contribution < -0.4 is 4.90 Å². The van der Waals surface area contributed by atoms with Crippen molar-refractivity contribution in [3.05, 3.63) is 224 Å². The molecular formula is C58H37NO2. The topological polar surface area (TPSA) is 29.5 Å². The lowest BCUT2D eigenvalue weighted by Gasteiger charge is -2.28. The molecule has 0 fully saturated rings. The fourth-order valence-electron chi connectivity index (χ4n) is 9.18. The van der Waals surface area contributed by atoms with Gasteiger partial charge in [0.25, 0.3) is 0 Å². The van der Waals surface area contributed by atoms with Gasteiger partial charge in [-0.1, -0.05) is 188 Å². The first kappa shape index (κ1) is 34.9. The van der Waals surface area contributed by atoms with Crippen molar-refractivity contribution in [3.8, 4) is 44.5 Å². The van der Waals surface area contributed by atoms with E-state index in [1.54, 1.807) is 0 Å². The van der Waals surface area contributed by atoms with E-state index in [4.69, 9.17) is 8.83 Å². The first-order chi connectivity index (χ1) is 30.3. The third kappa shape index (κ3) is 5.82. The molecule has 3 nitrogen and oxygen atoms in total. The monoisotopic (exact) mass is 779 g/mol. The first-order valence-electron chi connectivity index (χ1n) is 20.7. The van der Waals surface area contributed by atoms with Crippen molar-refractivity contribution >= 4 is 71.7 Å². The standard InChI is InChI=1S/C58H37NO2/c1-3-14-38(15-4-1)39-28-33-43(34-29-39)59(54-27-10-9-20-48(54)49-23-13-26-52-53-37-32-41-18-7-8-19-45(41)57(53)61-58(49)52)44-35-30-42(31-36-44)47-22-12-25-51-50-24-11-21-46(55(50)60-56(47)51)40-16-5-2-6-17-40/h1-37H. The number of anilines is 3. The van der Waals surface area contributed by atoms with Crippen LogP contribution in [0.15, 0.2) is 233 Å². The summed E-state index contributed by atoms with van der Waals surface area (Å²) in [6, 6.07) is 79.6. The van der Waals surface area contributed by atoms with Crippen LogP contribution in [0, 0.1) is 0 Å². The van der Waals surface area contributed by atoms with Crippen molar-refractivity contribution in [2.75, 3.05) is 4.90 Å². The van der Waals surface area contributed by atoms with Gasteiger partial charge in [-0.15, -0.1) is 0 Å². The summed E-state index contributed by atoms with van der Waals surface area (Å²) in [5, 5.41) is 6.73. The van der Waals surface area contributed by atoms with E-state index < -0.39 is 0 Å². The highest BCUT2D eigenvalue weighted by Crippen LogP contribution is 2.46. The van der Waals surface area contributed by atoms with Crippen LogP contribution in [0.25, 0.3) is 99.2 Å². The van der Waals surface area contributed by atoms with Crippen LogP contribution in [-0.2, 0) is 0 Å². The molecule has 0 atom stereocenters. The van der Waals surface area contributed by atoms with Gasteiger partial charge in [0.2, 0.25) is 0 Å². The SMILES string of the molecule is c1ccc(-c2ccc(N(c3ccc(-c4cccc5c4oc4c(-c6ccccc6)cccc45)cc3)c3ccccc3-c3cccc4c3oc3c5ccccc5ccc43)cc2)cc1.